The zero-order valence-electron chi connectivity index (χ0n) is 18.4. The fraction of sp³-hybridized carbons (Fsp3) is 0.280. The molecule has 0 radical (unpaired) electrons. The summed E-state index contributed by atoms with van der Waals surface area (Å²) >= 11 is 0. The Morgan fingerprint density at radius 3 is 2.72 bits per heavy atom. The average Bonchev–Trinajstić information content (AvgIpc) is 3.24. The molecule has 2 N–H and O–H groups in total. The molecule has 3 aromatic rings. The number of benzene rings is 2. The Labute approximate surface area is 188 Å². The van der Waals surface area contributed by atoms with Crippen molar-refractivity contribution in [3.05, 3.63) is 71.4 Å². The highest BCUT2D eigenvalue weighted by molar-refractivity contribution is 5.97. The van der Waals surface area contributed by atoms with E-state index in [1.807, 2.05) is 48.8 Å². The molecule has 2 aromatic carbocycles. The summed E-state index contributed by atoms with van der Waals surface area (Å²) in [5.74, 6) is 1.13. The first-order chi connectivity index (χ1) is 15.6. The number of nitrogens with zero attached hydrogens (tertiary/aromatic N) is 5. The predicted molar refractivity (Wildman–Crippen MR) is 129 cm³/mol. The van der Waals surface area contributed by atoms with E-state index in [1.165, 1.54) is 0 Å². The molecule has 0 saturated carbocycles. The zero-order valence-corrected chi connectivity index (χ0v) is 18.4. The van der Waals surface area contributed by atoms with Gasteiger partial charge in [-0.05, 0) is 44.8 Å². The second kappa shape index (κ2) is 8.51. The van der Waals surface area contributed by atoms with Crippen molar-refractivity contribution in [2.24, 2.45) is 4.99 Å². The Kier molecular flexibility index (Phi) is 5.41. The standard InChI is InChI=1S/C25H27N7/c1-31(2)21-11-12-32(16-21)24(26)17-7-9-20(10-8-17)29-25-28-15-19-14-27-13-18-5-3-4-6-22(18)23(19)30-25/h3-10,13,15,21,26H,11-12,14,16H2,1-2H3,(H,28,29,30). The maximum Gasteiger partial charge on any atom is 0.227 e. The second-order valence-corrected chi connectivity index (χ2v) is 8.53. The number of aliphatic imine (C=N–C) groups is 1. The van der Waals surface area contributed by atoms with Gasteiger partial charge in [-0.3, -0.25) is 10.4 Å². The number of rotatable bonds is 4. The molecule has 5 rings (SSSR count). The smallest absolute Gasteiger partial charge is 0.227 e. The van der Waals surface area contributed by atoms with Crippen molar-refractivity contribution < 1.29 is 0 Å². The van der Waals surface area contributed by atoms with Gasteiger partial charge in [0.1, 0.15) is 5.84 Å². The lowest BCUT2D eigenvalue weighted by Crippen LogP contribution is -2.34. The SMILES string of the molecule is CN(C)C1CCN(C(=N)c2ccc(Nc3ncc4c(n3)-c3ccccc3C=NC4)cc2)C1. The van der Waals surface area contributed by atoms with E-state index < -0.39 is 0 Å². The highest BCUT2D eigenvalue weighted by Gasteiger charge is 2.26. The van der Waals surface area contributed by atoms with Gasteiger partial charge in [-0.1, -0.05) is 24.3 Å². The van der Waals surface area contributed by atoms with Crippen molar-refractivity contribution in [3.63, 3.8) is 0 Å². The van der Waals surface area contributed by atoms with Crippen LogP contribution >= 0.6 is 0 Å². The summed E-state index contributed by atoms with van der Waals surface area (Å²) in [7, 11) is 4.21. The first kappa shape index (κ1) is 20.3. The van der Waals surface area contributed by atoms with Gasteiger partial charge in [0.2, 0.25) is 5.95 Å². The van der Waals surface area contributed by atoms with Crippen LogP contribution in [-0.4, -0.2) is 65.0 Å². The Morgan fingerprint density at radius 2 is 1.94 bits per heavy atom. The van der Waals surface area contributed by atoms with E-state index in [4.69, 9.17) is 10.4 Å². The Hall–Kier alpha value is -3.58. The number of hydrogen-bond donors (Lipinski definition) is 2. The van der Waals surface area contributed by atoms with Crippen molar-refractivity contribution in [2.75, 3.05) is 32.5 Å². The lowest BCUT2D eigenvalue weighted by molar-refractivity contribution is 0.301. The predicted octanol–water partition coefficient (Wildman–Crippen LogP) is 3.78. The lowest BCUT2D eigenvalue weighted by Gasteiger charge is -2.22. The molecule has 1 saturated heterocycles. The van der Waals surface area contributed by atoms with E-state index in [0.29, 0.717) is 24.4 Å². The summed E-state index contributed by atoms with van der Waals surface area (Å²) in [4.78, 5) is 18.2. The van der Waals surface area contributed by atoms with Crippen molar-refractivity contribution >= 4 is 23.7 Å². The molecule has 1 unspecified atom stereocenters. The molecule has 3 heterocycles. The average molecular weight is 426 g/mol. The van der Waals surface area contributed by atoms with E-state index >= 15 is 0 Å². The van der Waals surface area contributed by atoms with Crippen LogP contribution in [0.1, 0.15) is 23.1 Å². The van der Waals surface area contributed by atoms with Gasteiger partial charge in [0.05, 0.1) is 12.2 Å². The Balaban J connectivity index is 1.32. The molecular weight excluding hydrogens is 398 g/mol. The monoisotopic (exact) mass is 425 g/mol. The molecule has 2 aliphatic rings. The molecule has 7 heteroatoms. The highest BCUT2D eigenvalue weighted by Crippen LogP contribution is 2.28. The number of nitrogens with one attached hydrogen (secondary N) is 2. The third kappa shape index (κ3) is 3.99. The number of anilines is 2. The van der Waals surface area contributed by atoms with Gasteiger partial charge in [0, 0.05) is 59.5 Å². The van der Waals surface area contributed by atoms with Crippen LogP contribution in [-0.2, 0) is 6.54 Å². The van der Waals surface area contributed by atoms with Crippen LogP contribution < -0.4 is 5.32 Å². The molecule has 32 heavy (non-hydrogen) atoms. The minimum Gasteiger partial charge on any atom is -0.355 e. The number of hydrogen-bond acceptors (Lipinski definition) is 6. The molecule has 0 amide bonds. The molecule has 7 nitrogen and oxygen atoms in total. The van der Waals surface area contributed by atoms with E-state index in [-0.39, 0.29) is 0 Å². The molecule has 0 aliphatic carbocycles. The highest BCUT2D eigenvalue weighted by atomic mass is 15.2. The molecule has 0 spiro atoms. The summed E-state index contributed by atoms with van der Waals surface area (Å²) in [6, 6.07) is 16.6. The number of aromatic nitrogens is 2. The van der Waals surface area contributed by atoms with E-state index in [0.717, 1.165) is 53.1 Å². The third-order valence-electron chi connectivity index (χ3n) is 6.20. The van der Waals surface area contributed by atoms with Gasteiger partial charge in [-0.2, -0.15) is 0 Å². The first-order valence-electron chi connectivity index (χ1n) is 10.9. The van der Waals surface area contributed by atoms with Gasteiger partial charge < -0.3 is 15.1 Å². The minimum atomic E-state index is 0.511. The molecule has 1 atom stereocenters. The molecular formula is C25H27N7. The lowest BCUT2D eigenvalue weighted by atomic mass is 10.0. The second-order valence-electron chi connectivity index (χ2n) is 8.53. The van der Waals surface area contributed by atoms with Gasteiger partial charge >= 0.3 is 0 Å². The van der Waals surface area contributed by atoms with Crippen LogP contribution in [0.3, 0.4) is 0 Å². The molecule has 2 aliphatic heterocycles. The topological polar surface area (TPSA) is 80.5 Å². The van der Waals surface area contributed by atoms with Crippen molar-refractivity contribution in [2.45, 2.75) is 19.0 Å². The van der Waals surface area contributed by atoms with Crippen LogP contribution in [0.15, 0.2) is 59.7 Å². The molecule has 1 fully saturated rings. The first-order valence-corrected chi connectivity index (χ1v) is 10.9. The summed E-state index contributed by atoms with van der Waals surface area (Å²) in [5.41, 5.74) is 5.88. The Morgan fingerprint density at radius 1 is 1.12 bits per heavy atom. The fourth-order valence-electron chi connectivity index (χ4n) is 4.27. The largest absolute Gasteiger partial charge is 0.355 e. The van der Waals surface area contributed by atoms with Crippen LogP contribution in [0.4, 0.5) is 11.6 Å². The van der Waals surface area contributed by atoms with Crippen LogP contribution in [0, 0.1) is 5.41 Å². The van der Waals surface area contributed by atoms with Crippen LogP contribution in [0.2, 0.25) is 0 Å². The van der Waals surface area contributed by atoms with E-state index in [9.17, 15) is 0 Å². The normalized spacial score (nSPS) is 17.1. The molecule has 162 valence electrons. The van der Waals surface area contributed by atoms with Crippen LogP contribution in [0.25, 0.3) is 11.3 Å². The maximum absolute atomic E-state index is 8.59. The van der Waals surface area contributed by atoms with Gasteiger partial charge in [0.25, 0.3) is 0 Å². The number of likely N-dealkylation sites (tertiary alicyclic amines) is 1. The third-order valence-corrected chi connectivity index (χ3v) is 6.20. The van der Waals surface area contributed by atoms with Gasteiger partial charge in [-0.25, -0.2) is 9.97 Å². The number of likely N-dealkylation sites (N-methyl/N-ethyl adjacent to an activating group) is 1. The van der Waals surface area contributed by atoms with Crippen molar-refractivity contribution in [3.8, 4) is 11.3 Å². The summed E-state index contributed by atoms with van der Waals surface area (Å²) in [6.45, 7) is 2.40. The maximum atomic E-state index is 8.59. The Bertz CT molecular complexity index is 1170. The van der Waals surface area contributed by atoms with Gasteiger partial charge in [-0.15, -0.1) is 0 Å². The summed E-state index contributed by atoms with van der Waals surface area (Å²) in [5, 5.41) is 11.9. The van der Waals surface area contributed by atoms with E-state index in [2.05, 4.69) is 51.3 Å². The van der Waals surface area contributed by atoms with Crippen molar-refractivity contribution in [1.29, 1.82) is 5.41 Å². The van der Waals surface area contributed by atoms with Gasteiger partial charge in [0.15, 0.2) is 0 Å². The summed E-state index contributed by atoms with van der Waals surface area (Å²) in [6.07, 6.45) is 4.85. The van der Waals surface area contributed by atoms with E-state index in [1.54, 1.807) is 0 Å². The quantitative estimate of drug-likeness (QED) is 0.491. The fourth-order valence-corrected chi connectivity index (χ4v) is 4.27. The number of fused-ring (bicyclic) bond motifs is 3. The molecule has 0 bridgehead atoms. The molecule has 1 aromatic heterocycles. The zero-order chi connectivity index (χ0) is 22.1. The van der Waals surface area contributed by atoms with Crippen molar-refractivity contribution in [1.82, 2.24) is 19.8 Å². The minimum absolute atomic E-state index is 0.511. The number of amidine groups is 1. The van der Waals surface area contributed by atoms with Crippen LogP contribution in [0.5, 0.6) is 0 Å². The summed E-state index contributed by atoms with van der Waals surface area (Å²) < 4.78 is 0.